The molecular formula is C20H27NO. The summed E-state index contributed by atoms with van der Waals surface area (Å²) in [6.45, 7) is 8.69. The molecule has 1 fully saturated rings. The molecule has 0 amide bonds. The van der Waals surface area contributed by atoms with Crippen LogP contribution in [0.3, 0.4) is 0 Å². The topological polar surface area (TPSA) is 23.5 Å². The van der Waals surface area contributed by atoms with Crippen molar-refractivity contribution < 1.29 is 5.11 Å². The smallest absolute Gasteiger partial charge is 0.0877 e. The van der Waals surface area contributed by atoms with E-state index >= 15 is 0 Å². The Labute approximate surface area is 133 Å². The van der Waals surface area contributed by atoms with Gasteiger partial charge in [-0.2, -0.15) is 0 Å². The van der Waals surface area contributed by atoms with E-state index in [1.165, 1.54) is 35.1 Å². The standard InChI is InChI=1S/C20H27NO/c1-13(2)11-21-12-17-16(10-18(21)14-4-5-14)7-6-15-8-9-20(3,22)19(15)17/h6-7,10,13-14,22H,4-5,8-9,11-12H2,1-3H3. The molecule has 1 saturated carbocycles. The molecule has 1 aromatic carbocycles. The van der Waals surface area contributed by atoms with Crippen molar-refractivity contribution in [2.45, 2.75) is 58.6 Å². The van der Waals surface area contributed by atoms with Gasteiger partial charge in [0.25, 0.3) is 0 Å². The Hall–Kier alpha value is -1.28. The molecule has 2 aliphatic carbocycles. The number of aliphatic hydroxyl groups is 1. The fourth-order valence-corrected chi connectivity index (χ4v) is 4.30. The van der Waals surface area contributed by atoms with Crippen LogP contribution in [0.15, 0.2) is 17.8 Å². The summed E-state index contributed by atoms with van der Waals surface area (Å²) < 4.78 is 0. The second kappa shape index (κ2) is 4.86. The van der Waals surface area contributed by atoms with Crippen LogP contribution in [0.2, 0.25) is 0 Å². The molecule has 0 spiro atoms. The van der Waals surface area contributed by atoms with Crippen LogP contribution in [0, 0.1) is 11.8 Å². The van der Waals surface area contributed by atoms with E-state index < -0.39 is 5.60 Å². The van der Waals surface area contributed by atoms with E-state index in [9.17, 15) is 5.11 Å². The molecule has 0 aromatic heterocycles. The average Bonchev–Trinajstić information content (AvgIpc) is 3.23. The number of aryl methyl sites for hydroxylation is 1. The first-order valence-electron chi connectivity index (χ1n) is 8.80. The van der Waals surface area contributed by atoms with Crippen LogP contribution in [-0.2, 0) is 18.6 Å². The second-order valence-electron chi connectivity index (χ2n) is 8.06. The van der Waals surface area contributed by atoms with Crippen molar-refractivity contribution in [1.82, 2.24) is 4.90 Å². The van der Waals surface area contributed by atoms with Crippen molar-refractivity contribution in [1.29, 1.82) is 0 Å². The van der Waals surface area contributed by atoms with Gasteiger partial charge < -0.3 is 10.0 Å². The highest BCUT2D eigenvalue weighted by molar-refractivity contribution is 5.64. The van der Waals surface area contributed by atoms with Crippen LogP contribution >= 0.6 is 0 Å². The zero-order chi connectivity index (χ0) is 15.5. The van der Waals surface area contributed by atoms with Crippen LogP contribution in [0.1, 0.15) is 62.3 Å². The number of fused-ring (bicyclic) bond motifs is 3. The summed E-state index contributed by atoms with van der Waals surface area (Å²) in [6, 6.07) is 4.53. The Bertz CT molecular complexity index is 637. The van der Waals surface area contributed by atoms with Gasteiger partial charge in [0, 0.05) is 18.8 Å². The summed E-state index contributed by atoms with van der Waals surface area (Å²) >= 11 is 0. The van der Waals surface area contributed by atoms with Gasteiger partial charge in [-0.05, 0) is 72.8 Å². The van der Waals surface area contributed by atoms with E-state index in [-0.39, 0.29) is 0 Å². The van der Waals surface area contributed by atoms with Crippen molar-refractivity contribution in [3.63, 3.8) is 0 Å². The Morgan fingerprint density at radius 1 is 1.32 bits per heavy atom. The van der Waals surface area contributed by atoms with Gasteiger partial charge in [-0.15, -0.1) is 0 Å². The molecule has 1 aromatic rings. The molecule has 1 atom stereocenters. The van der Waals surface area contributed by atoms with Crippen molar-refractivity contribution >= 4 is 6.08 Å². The number of hydrogen-bond acceptors (Lipinski definition) is 2. The predicted molar refractivity (Wildman–Crippen MR) is 90.3 cm³/mol. The first kappa shape index (κ1) is 14.3. The quantitative estimate of drug-likeness (QED) is 0.909. The summed E-state index contributed by atoms with van der Waals surface area (Å²) in [7, 11) is 0. The van der Waals surface area contributed by atoms with Crippen molar-refractivity contribution in [2.24, 2.45) is 11.8 Å². The van der Waals surface area contributed by atoms with E-state index in [1.807, 2.05) is 6.92 Å². The lowest BCUT2D eigenvalue weighted by Gasteiger charge is -2.36. The van der Waals surface area contributed by atoms with Gasteiger partial charge in [0.1, 0.15) is 0 Å². The summed E-state index contributed by atoms with van der Waals surface area (Å²) in [5.74, 6) is 1.45. The number of allylic oxidation sites excluding steroid dienone is 1. The minimum atomic E-state index is -0.644. The Morgan fingerprint density at radius 2 is 2.09 bits per heavy atom. The average molecular weight is 297 g/mol. The number of benzene rings is 1. The lowest BCUT2D eigenvalue weighted by molar-refractivity contribution is 0.0578. The van der Waals surface area contributed by atoms with Gasteiger partial charge >= 0.3 is 0 Å². The van der Waals surface area contributed by atoms with Crippen molar-refractivity contribution in [3.05, 3.63) is 40.1 Å². The SMILES string of the molecule is CC(C)CN1Cc2c(ccc3c2C(C)(O)CC3)C=C1C1CC1. The van der Waals surface area contributed by atoms with E-state index in [2.05, 4.69) is 37.0 Å². The van der Waals surface area contributed by atoms with E-state index in [1.54, 1.807) is 5.70 Å². The maximum absolute atomic E-state index is 10.8. The molecule has 0 radical (unpaired) electrons. The Balaban J connectivity index is 1.80. The number of rotatable bonds is 3. The largest absolute Gasteiger partial charge is 0.385 e. The Morgan fingerprint density at radius 3 is 2.77 bits per heavy atom. The normalized spacial score (nSPS) is 27.0. The first-order chi connectivity index (χ1) is 10.5. The lowest BCUT2D eigenvalue weighted by Crippen LogP contribution is -2.32. The molecule has 22 heavy (non-hydrogen) atoms. The summed E-state index contributed by atoms with van der Waals surface area (Å²) in [4.78, 5) is 2.58. The predicted octanol–water partition coefficient (Wildman–Crippen LogP) is 4.06. The van der Waals surface area contributed by atoms with Gasteiger partial charge in [0.2, 0.25) is 0 Å². The fraction of sp³-hybridized carbons (Fsp3) is 0.600. The molecule has 2 nitrogen and oxygen atoms in total. The molecule has 2 heteroatoms. The van der Waals surface area contributed by atoms with Crippen LogP contribution in [0.25, 0.3) is 6.08 Å². The number of hydrogen-bond donors (Lipinski definition) is 1. The minimum Gasteiger partial charge on any atom is -0.385 e. The van der Waals surface area contributed by atoms with E-state index in [0.29, 0.717) is 5.92 Å². The van der Waals surface area contributed by atoms with Gasteiger partial charge in [-0.1, -0.05) is 26.0 Å². The zero-order valence-corrected chi connectivity index (χ0v) is 14.0. The van der Waals surface area contributed by atoms with E-state index in [0.717, 1.165) is 31.8 Å². The molecule has 0 saturated heterocycles. The third kappa shape index (κ3) is 2.28. The van der Waals surface area contributed by atoms with Gasteiger partial charge in [-0.3, -0.25) is 0 Å². The van der Waals surface area contributed by atoms with Gasteiger partial charge in [0.05, 0.1) is 5.60 Å². The monoisotopic (exact) mass is 297 g/mol. The number of nitrogens with zero attached hydrogens (tertiary/aromatic N) is 1. The summed E-state index contributed by atoms with van der Waals surface area (Å²) in [5.41, 5.74) is 6.21. The molecule has 1 N–H and O–H groups in total. The lowest BCUT2D eigenvalue weighted by atomic mass is 9.87. The third-order valence-electron chi connectivity index (χ3n) is 5.45. The molecule has 1 aliphatic heterocycles. The van der Waals surface area contributed by atoms with Gasteiger partial charge in [-0.25, -0.2) is 0 Å². The minimum absolute atomic E-state index is 0.644. The van der Waals surface area contributed by atoms with Crippen LogP contribution in [0.5, 0.6) is 0 Å². The third-order valence-corrected chi connectivity index (χ3v) is 5.45. The highest BCUT2D eigenvalue weighted by Gasteiger charge is 2.38. The molecule has 3 aliphatic rings. The maximum Gasteiger partial charge on any atom is 0.0877 e. The van der Waals surface area contributed by atoms with E-state index in [4.69, 9.17) is 0 Å². The molecule has 1 unspecified atom stereocenters. The Kier molecular flexibility index (Phi) is 3.16. The van der Waals surface area contributed by atoms with Crippen molar-refractivity contribution in [2.75, 3.05) is 6.54 Å². The zero-order valence-electron chi connectivity index (χ0n) is 14.0. The molecule has 1 heterocycles. The molecular weight excluding hydrogens is 270 g/mol. The summed E-state index contributed by atoms with van der Waals surface area (Å²) in [6.07, 6.45) is 6.98. The second-order valence-corrected chi connectivity index (χ2v) is 8.06. The summed E-state index contributed by atoms with van der Waals surface area (Å²) in [5, 5.41) is 10.8. The fourth-order valence-electron chi connectivity index (χ4n) is 4.30. The highest BCUT2D eigenvalue weighted by Crippen LogP contribution is 2.46. The molecule has 0 bridgehead atoms. The molecule has 118 valence electrons. The van der Waals surface area contributed by atoms with Crippen LogP contribution in [0.4, 0.5) is 0 Å². The van der Waals surface area contributed by atoms with Gasteiger partial charge in [0.15, 0.2) is 0 Å². The first-order valence-corrected chi connectivity index (χ1v) is 8.80. The van der Waals surface area contributed by atoms with Crippen molar-refractivity contribution in [3.8, 4) is 0 Å². The molecule has 4 rings (SSSR count). The highest BCUT2D eigenvalue weighted by atomic mass is 16.3. The maximum atomic E-state index is 10.8. The van der Waals surface area contributed by atoms with Crippen LogP contribution < -0.4 is 0 Å². The van der Waals surface area contributed by atoms with Crippen LogP contribution in [-0.4, -0.2) is 16.6 Å².